The van der Waals surface area contributed by atoms with Crippen molar-refractivity contribution in [2.45, 2.75) is 18.9 Å². The first-order chi connectivity index (χ1) is 9.06. The van der Waals surface area contributed by atoms with Gasteiger partial charge in [0, 0.05) is 11.6 Å². The van der Waals surface area contributed by atoms with Gasteiger partial charge in [-0.1, -0.05) is 0 Å². The number of hydrogen-bond donors (Lipinski definition) is 0. The first-order valence-corrected chi connectivity index (χ1v) is 6.74. The molecule has 0 atom stereocenters. The van der Waals surface area contributed by atoms with Gasteiger partial charge < -0.3 is 4.90 Å². The van der Waals surface area contributed by atoms with E-state index in [1.807, 2.05) is 7.05 Å². The first kappa shape index (κ1) is 14.2. The smallest absolute Gasteiger partial charge is 0.176 e. The maximum absolute atomic E-state index is 12.8. The van der Waals surface area contributed by atoms with E-state index >= 15 is 0 Å². The zero-order chi connectivity index (χ0) is 13.8. The molecule has 0 aliphatic carbocycles. The van der Waals surface area contributed by atoms with Gasteiger partial charge in [0.15, 0.2) is 5.78 Å². The van der Waals surface area contributed by atoms with Crippen molar-refractivity contribution in [3.63, 3.8) is 0 Å². The Morgan fingerprint density at radius 3 is 2.47 bits per heavy atom. The van der Waals surface area contributed by atoms with Gasteiger partial charge in [-0.25, -0.2) is 4.39 Å². The minimum Gasteiger partial charge on any atom is -0.306 e. The molecule has 19 heavy (non-hydrogen) atoms. The second-order valence-electron chi connectivity index (χ2n) is 5.38. The molecule has 4 heteroatoms. The molecule has 3 nitrogen and oxygen atoms in total. The lowest BCUT2D eigenvalue weighted by atomic mass is 10.0. The molecular weight excluding hydrogens is 243 g/mol. The molecule has 1 saturated heterocycles. The number of nitrogens with zero attached hydrogens (tertiary/aromatic N) is 2. The number of ketones is 1. The number of hydrogen-bond acceptors (Lipinski definition) is 3. The van der Waals surface area contributed by atoms with Crippen molar-refractivity contribution in [2.75, 3.05) is 33.7 Å². The number of halogens is 1. The number of rotatable bonds is 4. The van der Waals surface area contributed by atoms with Gasteiger partial charge in [0.2, 0.25) is 0 Å². The molecule has 0 aromatic heterocycles. The molecule has 1 aromatic carbocycles. The average molecular weight is 264 g/mol. The van der Waals surface area contributed by atoms with Crippen molar-refractivity contribution < 1.29 is 9.18 Å². The summed E-state index contributed by atoms with van der Waals surface area (Å²) in [4.78, 5) is 16.5. The molecule has 0 unspecified atom stereocenters. The highest BCUT2D eigenvalue weighted by molar-refractivity contribution is 5.97. The normalized spacial score (nSPS) is 17.9. The van der Waals surface area contributed by atoms with Crippen molar-refractivity contribution in [2.24, 2.45) is 0 Å². The van der Waals surface area contributed by atoms with E-state index in [4.69, 9.17) is 0 Å². The number of likely N-dealkylation sites (N-methyl/N-ethyl adjacent to an activating group) is 1. The Morgan fingerprint density at radius 1 is 1.32 bits per heavy atom. The van der Waals surface area contributed by atoms with Crippen LogP contribution in [0.1, 0.15) is 23.2 Å². The molecule has 1 aliphatic heterocycles. The van der Waals surface area contributed by atoms with E-state index in [9.17, 15) is 9.18 Å². The summed E-state index contributed by atoms with van der Waals surface area (Å²) in [5, 5.41) is 0. The van der Waals surface area contributed by atoms with Gasteiger partial charge in [-0.15, -0.1) is 0 Å². The minimum atomic E-state index is -0.305. The summed E-state index contributed by atoms with van der Waals surface area (Å²) >= 11 is 0. The second kappa shape index (κ2) is 6.26. The molecule has 0 spiro atoms. The van der Waals surface area contributed by atoms with Crippen molar-refractivity contribution in [3.8, 4) is 0 Å². The molecular formula is C15H21FN2O. The van der Waals surface area contributed by atoms with Gasteiger partial charge in [-0.2, -0.15) is 0 Å². The summed E-state index contributed by atoms with van der Waals surface area (Å²) in [6.07, 6.45) is 2.20. The van der Waals surface area contributed by atoms with Gasteiger partial charge in [-0.05, 0) is 64.3 Å². The highest BCUT2D eigenvalue weighted by Crippen LogP contribution is 2.14. The Bertz CT molecular complexity index is 424. The summed E-state index contributed by atoms with van der Waals surface area (Å²) in [5.74, 6) is -0.248. The highest BCUT2D eigenvalue weighted by atomic mass is 19.1. The Balaban J connectivity index is 1.89. The van der Waals surface area contributed by atoms with Crippen LogP contribution in [0, 0.1) is 5.82 Å². The van der Waals surface area contributed by atoms with Crippen LogP contribution in [0.2, 0.25) is 0 Å². The Morgan fingerprint density at radius 2 is 1.89 bits per heavy atom. The van der Waals surface area contributed by atoms with Crippen LogP contribution in [0.4, 0.5) is 4.39 Å². The number of carbonyl (C=O) groups excluding carboxylic acids is 1. The monoisotopic (exact) mass is 264 g/mol. The molecule has 104 valence electrons. The standard InChI is InChI=1S/C15H21FN2O/c1-17-9-7-14(8-10-17)18(2)11-15(19)12-3-5-13(16)6-4-12/h3-6,14H,7-11H2,1-2H3. The molecule has 2 rings (SSSR count). The largest absolute Gasteiger partial charge is 0.306 e. The fraction of sp³-hybridized carbons (Fsp3) is 0.533. The lowest BCUT2D eigenvalue weighted by molar-refractivity contribution is 0.0871. The van der Waals surface area contributed by atoms with E-state index in [0.717, 1.165) is 25.9 Å². The van der Waals surface area contributed by atoms with E-state index in [1.54, 1.807) is 12.1 Å². The fourth-order valence-corrected chi connectivity index (χ4v) is 2.52. The van der Waals surface area contributed by atoms with Crippen molar-refractivity contribution >= 4 is 5.78 Å². The predicted molar refractivity (Wildman–Crippen MR) is 73.9 cm³/mol. The maximum atomic E-state index is 12.8. The fourth-order valence-electron chi connectivity index (χ4n) is 2.52. The zero-order valence-electron chi connectivity index (χ0n) is 11.6. The number of piperidine rings is 1. The van der Waals surface area contributed by atoms with E-state index in [1.165, 1.54) is 12.1 Å². The zero-order valence-corrected chi connectivity index (χ0v) is 11.6. The van der Waals surface area contributed by atoms with Gasteiger partial charge in [0.25, 0.3) is 0 Å². The third kappa shape index (κ3) is 3.85. The number of likely N-dealkylation sites (tertiary alicyclic amines) is 1. The topological polar surface area (TPSA) is 23.6 Å². The van der Waals surface area contributed by atoms with Crippen LogP contribution in [0.3, 0.4) is 0 Å². The molecule has 0 bridgehead atoms. The number of benzene rings is 1. The summed E-state index contributed by atoms with van der Waals surface area (Å²) < 4.78 is 12.8. The van der Waals surface area contributed by atoms with Crippen LogP contribution >= 0.6 is 0 Å². The predicted octanol–water partition coefficient (Wildman–Crippen LogP) is 2.03. The van der Waals surface area contributed by atoms with Crippen LogP contribution in [0.25, 0.3) is 0 Å². The SMILES string of the molecule is CN1CCC(N(C)CC(=O)c2ccc(F)cc2)CC1. The van der Waals surface area contributed by atoms with Crippen molar-refractivity contribution in [1.29, 1.82) is 0 Å². The molecule has 0 radical (unpaired) electrons. The Kier molecular flexibility index (Phi) is 4.66. The molecule has 1 heterocycles. The first-order valence-electron chi connectivity index (χ1n) is 6.74. The second-order valence-corrected chi connectivity index (χ2v) is 5.38. The van der Waals surface area contributed by atoms with Gasteiger partial charge >= 0.3 is 0 Å². The van der Waals surface area contributed by atoms with E-state index in [0.29, 0.717) is 18.2 Å². The summed E-state index contributed by atoms with van der Waals surface area (Å²) in [6, 6.07) is 6.26. The third-order valence-electron chi connectivity index (χ3n) is 3.87. The summed E-state index contributed by atoms with van der Waals surface area (Å²) in [5.41, 5.74) is 0.584. The van der Waals surface area contributed by atoms with Crippen LogP contribution in [0.5, 0.6) is 0 Å². The van der Waals surface area contributed by atoms with E-state index < -0.39 is 0 Å². The quantitative estimate of drug-likeness (QED) is 0.778. The number of carbonyl (C=O) groups is 1. The summed E-state index contributed by atoms with van der Waals surface area (Å²) in [7, 11) is 4.12. The molecule has 0 N–H and O–H groups in total. The maximum Gasteiger partial charge on any atom is 0.176 e. The molecule has 1 fully saturated rings. The van der Waals surface area contributed by atoms with Crippen LogP contribution in [-0.4, -0.2) is 55.4 Å². The minimum absolute atomic E-state index is 0.0569. The highest BCUT2D eigenvalue weighted by Gasteiger charge is 2.22. The lowest BCUT2D eigenvalue weighted by Gasteiger charge is -2.34. The molecule has 1 aromatic rings. The van der Waals surface area contributed by atoms with Crippen LogP contribution < -0.4 is 0 Å². The molecule has 1 aliphatic rings. The van der Waals surface area contributed by atoms with E-state index in [-0.39, 0.29) is 11.6 Å². The van der Waals surface area contributed by atoms with E-state index in [2.05, 4.69) is 16.8 Å². The Labute approximate surface area is 114 Å². The average Bonchev–Trinajstić information content (AvgIpc) is 2.40. The third-order valence-corrected chi connectivity index (χ3v) is 3.87. The van der Waals surface area contributed by atoms with Crippen molar-refractivity contribution in [1.82, 2.24) is 9.80 Å². The van der Waals surface area contributed by atoms with Crippen LogP contribution in [0.15, 0.2) is 24.3 Å². The Hall–Kier alpha value is -1.26. The van der Waals surface area contributed by atoms with Crippen molar-refractivity contribution in [3.05, 3.63) is 35.6 Å². The summed E-state index contributed by atoms with van der Waals surface area (Å²) in [6.45, 7) is 2.57. The molecule has 0 saturated carbocycles. The lowest BCUT2D eigenvalue weighted by Crippen LogP contribution is -2.43. The van der Waals surface area contributed by atoms with Gasteiger partial charge in [0.05, 0.1) is 6.54 Å². The molecule has 0 amide bonds. The van der Waals surface area contributed by atoms with Gasteiger partial charge in [-0.3, -0.25) is 9.69 Å². The van der Waals surface area contributed by atoms with Gasteiger partial charge in [0.1, 0.15) is 5.82 Å². The number of Topliss-reactive ketones (excluding diaryl/α,β-unsaturated/α-hetero) is 1. The van der Waals surface area contributed by atoms with Crippen LogP contribution in [-0.2, 0) is 0 Å².